The van der Waals surface area contributed by atoms with E-state index in [1.165, 1.54) is 5.56 Å². The Labute approximate surface area is 91.5 Å². The first-order chi connectivity index (χ1) is 7.09. The van der Waals surface area contributed by atoms with E-state index in [9.17, 15) is 4.79 Å². The van der Waals surface area contributed by atoms with Crippen LogP contribution in [0.2, 0.25) is 0 Å². The SMILES string of the molecule is Cc1ccc(C(=O)CCCC(C)N)cc1. The van der Waals surface area contributed by atoms with Crippen molar-refractivity contribution in [1.29, 1.82) is 0 Å². The second kappa shape index (κ2) is 5.66. The molecule has 2 heteroatoms. The standard InChI is InChI=1S/C13H19NO/c1-10-6-8-12(9-7-10)13(15)5-3-4-11(2)14/h6-9,11H,3-5,14H2,1-2H3. The summed E-state index contributed by atoms with van der Waals surface area (Å²) in [6.45, 7) is 3.99. The van der Waals surface area contributed by atoms with Crippen molar-refractivity contribution in [2.75, 3.05) is 0 Å². The normalized spacial score (nSPS) is 12.5. The van der Waals surface area contributed by atoms with Crippen LogP contribution >= 0.6 is 0 Å². The molecule has 1 rings (SSSR count). The Bertz CT molecular complexity index is 314. The molecule has 15 heavy (non-hydrogen) atoms. The third-order valence-corrected chi connectivity index (χ3v) is 2.44. The molecule has 1 aromatic rings. The Morgan fingerprint density at radius 3 is 2.47 bits per heavy atom. The Balaban J connectivity index is 2.43. The van der Waals surface area contributed by atoms with E-state index < -0.39 is 0 Å². The second-order valence-corrected chi connectivity index (χ2v) is 4.16. The minimum atomic E-state index is 0.191. The number of carbonyl (C=O) groups is 1. The highest BCUT2D eigenvalue weighted by Crippen LogP contribution is 2.09. The van der Waals surface area contributed by atoms with Gasteiger partial charge in [-0.3, -0.25) is 4.79 Å². The molecule has 2 nitrogen and oxygen atoms in total. The highest BCUT2D eigenvalue weighted by molar-refractivity contribution is 5.96. The van der Waals surface area contributed by atoms with Crippen molar-refractivity contribution < 1.29 is 4.79 Å². The van der Waals surface area contributed by atoms with Crippen LogP contribution in [0.4, 0.5) is 0 Å². The molecule has 0 aromatic heterocycles. The summed E-state index contributed by atoms with van der Waals surface area (Å²) in [6, 6.07) is 7.92. The molecule has 0 aliphatic carbocycles. The molecule has 0 aliphatic heterocycles. The van der Waals surface area contributed by atoms with Crippen molar-refractivity contribution in [2.24, 2.45) is 5.73 Å². The molecule has 0 saturated carbocycles. The number of carbonyl (C=O) groups excluding carboxylic acids is 1. The average molecular weight is 205 g/mol. The summed E-state index contributed by atoms with van der Waals surface area (Å²) in [5.74, 6) is 0.218. The number of hydrogen-bond acceptors (Lipinski definition) is 2. The number of aryl methyl sites for hydroxylation is 1. The van der Waals surface area contributed by atoms with Crippen LogP contribution in [0.25, 0.3) is 0 Å². The second-order valence-electron chi connectivity index (χ2n) is 4.16. The summed E-state index contributed by atoms with van der Waals surface area (Å²) in [4.78, 5) is 11.7. The maximum atomic E-state index is 11.7. The van der Waals surface area contributed by atoms with Gasteiger partial charge in [0.05, 0.1) is 0 Å². The Morgan fingerprint density at radius 1 is 1.33 bits per heavy atom. The van der Waals surface area contributed by atoms with Gasteiger partial charge in [-0.25, -0.2) is 0 Å². The zero-order valence-electron chi connectivity index (χ0n) is 9.49. The van der Waals surface area contributed by atoms with Gasteiger partial charge in [-0.05, 0) is 26.7 Å². The number of ketones is 1. The zero-order chi connectivity index (χ0) is 11.3. The van der Waals surface area contributed by atoms with E-state index in [2.05, 4.69) is 0 Å². The summed E-state index contributed by atoms with van der Waals surface area (Å²) in [6.07, 6.45) is 2.40. The maximum Gasteiger partial charge on any atom is 0.162 e. The van der Waals surface area contributed by atoms with Gasteiger partial charge in [-0.2, -0.15) is 0 Å². The highest BCUT2D eigenvalue weighted by Gasteiger charge is 2.05. The van der Waals surface area contributed by atoms with Crippen LogP contribution in [0.1, 0.15) is 42.1 Å². The largest absolute Gasteiger partial charge is 0.328 e. The van der Waals surface area contributed by atoms with Crippen LogP contribution < -0.4 is 5.73 Å². The van der Waals surface area contributed by atoms with Crippen LogP contribution in [0.15, 0.2) is 24.3 Å². The first-order valence-electron chi connectivity index (χ1n) is 5.45. The number of nitrogens with two attached hydrogens (primary N) is 1. The van der Waals surface area contributed by atoms with Crippen LogP contribution in [0.3, 0.4) is 0 Å². The van der Waals surface area contributed by atoms with Gasteiger partial charge in [0.2, 0.25) is 0 Å². The molecule has 0 radical (unpaired) electrons. The van der Waals surface area contributed by atoms with E-state index in [-0.39, 0.29) is 11.8 Å². The maximum absolute atomic E-state index is 11.7. The number of rotatable bonds is 5. The van der Waals surface area contributed by atoms with Crippen molar-refractivity contribution >= 4 is 5.78 Å². The van der Waals surface area contributed by atoms with E-state index in [1.54, 1.807) is 0 Å². The topological polar surface area (TPSA) is 43.1 Å². The van der Waals surface area contributed by atoms with Crippen molar-refractivity contribution in [3.63, 3.8) is 0 Å². The number of Topliss-reactive ketones (excluding diaryl/α,β-unsaturated/α-hetero) is 1. The van der Waals surface area contributed by atoms with Crippen LogP contribution in [0.5, 0.6) is 0 Å². The molecule has 1 unspecified atom stereocenters. The Kier molecular flexibility index (Phi) is 4.50. The smallest absolute Gasteiger partial charge is 0.162 e. The quantitative estimate of drug-likeness (QED) is 0.751. The van der Waals surface area contributed by atoms with Crippen molar-refractivity contribution in [2.45, 2.75) is 39.2 Å². The fourth-order valence-electron chi connectivity index (χ4n) is 1.47. The Morgan fingerprint density at radius 2 is 1.93 bits per heavy atom. The molecule has 0 fully saturated rings. The van der Waals surface area contributed by atoms with Gasteiger partial charge >= 0.3 is 0 Å². The van der Waals surface area contributed by atoms with Crippen molar-refractivity contribution in [3.8, 4) is 0 Å². The average Bonchev–Trinajstić information content (AvgIpc) is 2.18. The van der Waals surface area contributed by atoms with E-state index in [0.717, 1.165) is 18.4 Å². The molecular weight excluding hydrogens is 186 g/mol. The van der Waals surface area contributed by atoms with Gasteiger partial charge in [0, 0.05) is 18.0 Å². The van der Waals surface area contributed by atoms with Crippen LogP contribution in [0, 0.1) is 6.92 Å². The molecule has 0 spiro atoms. The first kappa shape index (κ1) is 11.9. The van der Waals surface area contributed by atoms with Gasteiger partial charge in [0.25, 0.3) is 0 Å². The van der Waals surface area contributed by atoms with E-state index in [4.69, 9.17) is 5.73 Å². The molecule has 1 atom stereocenters. The zero-order valence-corrected chi connectivity index (χ0v) is 9.49. The van der Waals surface area contributed by atoms with E-state index in [1.807, 2.05) is 38.1 Å². The van der Waals surface area contributed by atoms with Gasteiger partial charge in [-0.15, -0.1) is 0 Å². The molecular formula is C13H19NO. The van der Waals surface area contributed by atoms with Gasteiger partial charge < -0.3 is 5.73 Å². The molecule has 0 bridgehead atoms. The van der Waals surface area contributed by atoms with E-state index >= 15 is 0 Å². The van der Waals surface area contributed by atoms with Crippen LogP contribution in [-0.2, 0) is 0 Å². The predicted molar refractivity (Wildman–Crippen MR) is 63.0 cm³/mol. The van der Waals surface area contributed by atoms with Gasteiger partial charge in [-0.1, -0.05) is 29.8 Å². The first-order valence-corrected chi connectivity index (χ1v) is 5.45. The molecule has 0 amide bonds. The lowest BCUT2D eigenvalue weighted by Gasteiger charge is -2.04. The molecule has 0 heterocycles. The fourth-order valence-corrected chi connectivity index (χ4v) is 1.47. The third kappa shape index (κ3) is 4.26. The number of benzene rings is 1. The van der Waals surface area contributed by atoms with E-state index in [0.29, 0.717) is 6.42 Å². The molecule has 1 aromatic carbocycles. The van der Waals surface area contributed by atoms with Crippen molar-refractivity contribution in [1.82, 2.24) is 0 Å². The molecule has 0 aliphatic rings. The third-order valence-electron chi connectivity index (χ3n) is 2.44. The summed E-state index contributed by atoms with van der Waals surface area (Å²) in [7, 11) is 0. The summed E-state index contributed by atoms with van der Waals surface area (Å²) in [5, 5.41) is 0. The van der Waals surface area contributed by atoms with Crippen molar-refractivity contribution in [3.05, 3.63) is 35.4 Å². The van der Waals surface area contributed by atoms with Crippen LogP contribution in [-0.4, -0.2) is 11.8 Å². The number of hydrogen-bond donors (Lipinski definition) is 1. The minimum absolute atomic E-state index is 0.191. The summed E-state index contributed by atoms with van der Waals surface area (Å²) in [5.41, 5.74) is 7.62. The monoisotopic (exact) mass is 205 g/mol. The lowest BCUT2D eigenvalue weighted by molar-refractivity contribution is 0.0979. The molecule has 0 saturated heterocycles. The molecule has 2 N–H and O–H groups in total. The highest BCUT2D eigenvalue weighted by atomic mass is 16.1. The Hall–Kier alpha value is -1.15. The minimum Gasteiger partial charge on any atom is -0.328 e. The predicted octanol–water partition coefficient (Wildman–Crippen LogP) is 2.70. The molecule has 82 valence electrons. The lowest BCUT2D eigenvalue weighted by Crippen LogP contribution is -2.14. The summed E-state index contributed by atoms with van der Waals surface area (Å²) >= 11 is 0. The van der Waals surface area contributed by atoms with Gasteiger partial charge in [0.1, 0.15) is 0 Å². The lowest BCUT2D eigenvalue weighted by atomic mass is 10.0. The summed E-state index contributed by atoms with van der Waals surface area (Å²) < 4.78 is 0. The fraction of sp³-hybridized carbons (Fsp3) is 0.462. The van der Waals surface area contributed by atoms with Gasteiger partial charge in [0.15, 0.2) is 5.78 Å².